The third-order valence-electron chi connectivity index (χ3n) is 5.23. The van der Waals surface area contributed by atoms with Crippen LogP contribution in [0.25, 0.3) is 11.0 Å². The summed E-state index contributed by atoms with van der Waals surface area (Å²) in [4.78, 5) is 31.5. The van der Waals surface area contributed by atoms with Crippen molar-refractivity contribution >= 4 is 22.8 Å². The van der Waals surface area contributed by atoms with Crippen molar-refractivity contribution in [3.8, 4) is 0 Å². The monoisotopic (exact) mass is 428 g/mol. The molecule has 0 aliphatic carbocycles. The summed E-state index contributed by atoms with van der Waals surface area (Å²) in [7, 11) is 1.52. The van der Waals surface area contributed by atoms with Gasteiger partial charge >= 0.3 is 6.55 Å². The number of alkyl halides is 2. The molecule has 0 saturated heterocycles. The fraction of sp³-hybridized carbons (Fsp3) is 0.348. The number of aryl methyl sites for hydroxylation is 1. The Morgan fingerprint density at radius 3 is 2.39 bits per heavy atom. The number of carbonyl (C=O) groups excluding carboxylic acids is 2. The molecule has 0 bridgehead atoms. The molecule has 31 heavy (non-hydrogen) atoms. The van der Waals surface area contributed by atoms with Gasteiger partial charge in [0.1, 0.15) is 11.9 Å². The highest BCUT2D eigenvalue weighted by atomic mass is 19.3. The fourth-order valence-electron chi connectivity index (χ4n) is 3.51. The zero-order valence-corrected chi connectivity index (χ0v) is 18.0. The molecule has 0 unspecified atom stereocenters. The lowest BCUT2D eigenvalue weighted by Crippen LogP contribution is -2.50. The number of hydrogen-bond acceptors (Lipinski definition) is 3. The second kappa shape index (κ2) is 9.24. The third-order valence-corrected chi connectivity index (χ3v) is 5.23. The molecule has 2 aromatic carbocycles. The van der Waals surface area contributed by atoms with Gasteiger partial charge in [0, 0.05) is 12.6 Å². The number of carbonyl (C=O) groups is 2. The summed E-state index contributed by atoms with van der Waals surface area (Å²) in [5.74, 6) is -0.834. The maximum absolute atomic E-state index is 13.7. The highest BCUT2D eigenvalue weighted by Gasteiger charge is 2.29. The average molecular weight is 428 g/mol. The third kappa shape index (κ3) is 4.73. The van der Waals surface area contributed by atoms with E-state index < -0.39 is 12.6 Å². The summed E-state index contributed by atoms with van der Waals surface area (Å²) in [5.41, 5.74) is 2.03. The number of nitrogens with one attached hydrogen (secondary N) is 1. The number of amides is 2. The summed E-state index contributed by atoms with van der Waals surface area (Å²) < 4.78 is 28.2. The number of benzene rings is 2. The van der Waals surface area contributed by atoms with Gasteiger partial charge in [0.25, 0.3) is 5.91 Å². The number of likely N-dealkylation sites (N-methyl/N-ethyl adjacent to an activating group) is 1. The average Bonchev–Trinajstić information content (AvgIpc) is 3.09. The first kappa shape index (κ1) is 22.4. The second-order valence-electron chi connectivity index (χ2n) is 7.87. The van der Waals surface area contributed by atoms with Crippen molar-refractivity contribution in [3.05, 3.63) is 65.5 Å². The maximum atomic E-state index is 13.7. The predicted molar refractivity (Wildman–Crippen MR) is 115 cm³/mol. The van der Waals surface area contributed by atoms with Crippen molar-refractivity contribution in [2.24, 2.45) is 5.92 Å². The van der Waals surface area contributed by atoms with Crippen molar-refractivity contribution < 1.29 is 18.4 Å². The number of halogens is 2. The molecular weight excluding hydrogens is 402 g/mol. The lowest BCUT2D eigenvalue weighted by molar-refractivity contribution is -0.133. The molecule has 0 radical (unpaired) electrons. The maximum Gasteiger partial charge on any atom is 0.320 e. The zero-order chi connectivity index (χ0) is 22.7. The molecule has 3 rings (SSSR count). The van der Waals surface area contributed by atoms with Gasteiger partial charge < -0.3 is 10.2 Å². The summed E-state index contributed by atoms with van der Waals surface area (Å²) in [6.07, 6.45) is 0. The van der Waals surface area contributed by atoms with Gasteiger partial charge in [-0.2, -0.15) is 8.78 Å². The van der Waals surface area contributed by atoms with Crippen LogP contribution >= 0.6 is 0 Å². The van der Waals surface area contributed by atoms with E-state index in [2.05, 4.69) is 10.3 Å². The highest BCUT2D eigenvalue weighted by Crippen LogP contribution is 2.24. The van der Waals surface area contributed by atoms with Crippen molar-refractivity contribution in [2.75, 3.05) is 7.05 Å². The second-order valence-corrected chi connectivity index (χ2v) is 7.87. The molecule has 1 atom stereocenters. The number of para-hydroxylation sites is 2. The van der Waals surface area contributed by atoms with Crippen molar-refractivity contribution in [1.29, 1.82) is 0 Å². The Morgan fingerprint density at radius 1 is 1.10 bits per heavy atom. The fourth-order valence-corrected chi connectivity index (χ4v) is 3.51. The molecular formula is C23H26F2N4O2. The zero-order valence-electron chi connectivity index (χ0n) is 18.0. The van der Waals surface area contributed by atoms with Crippen molar-refractivity contribution in [2.45, 2.75) is 39.9 Å². The molecule has 2 amide bonds. The van der Waals surface area contributed by atoms with Crippen molar-refractivity contribution in [1.82, 2.24) is 19.8 Å². The summed E-state index contributed by atoms with van der Waals surface area (Å²) >= 11 is 0. The van der Waals surface area contributed by atoms with Crippen LogP contribution in [0.3, 0.4) is 0 Å². The lowest BCUT2D eigenvalue weighted by Gasteiger charge is -2.27. The molecule has 164 valence electrons. The van der Waals surface area contributed by atoms with E-state index in [1.165, 1.54) is 11.9 Å². The molecule has 1 heterocycles. The SMILES string of the molecule is Cc1ccccc1C(=O)N[C@@H](C(=O)N(C)Cc1nc2ccccc2n1C(F)F)C(C)C. The number of hydrogen-bond donors (Lipinski definition) is 1. The number of rotatable bonds is 7. The molecule has 3 aromatic rings. The van der Waals surface area contributed by atoms with E-state index in [-0.39, 0.29) is 30.1 Å². The summed E-state index contributed by atoms with van der Waals surface area (Å²) in [6, 6.07) is 12.9. The summed E-state index contributed by atoms with van der Waals surface area (Å²) in [5, 5.41) is 2.80. The van der Waals surface area contributed by atoms with E-state index in [0.29, 0.717) is 16.6 Å². The van der Waals surface area contributed by atoms with Gasteiger partial charge in [-0.3, -0.25) is 14.2 Å². The minimum absolute atomic E-state index is 0.0831. The van der Waals surface area contributed by atoms with Crippen LogP contribution in [-0.4, -0.2) is 39.4 Å². The minimum Gasteiger partial charge on any atom is -0.340 e. The highest BCUT2D eigenvalue weighted by molar-refractivity contribution is 5.98. The topological polar surface area (TPSA) is 67.2 Å². The van der Waals surface area contributed by atoms with E-state index in [1.54, 1.807) is 36.4 Å². The molecule has 0 spiro atoms. The van der Waals surface area contributed by atoms with E-state index in [1.807, 2.05) is 32.9 Å². The van der Waals surface area contributed by atoms with E-state index in [4.69, 9.17) is 0 Å². The largest absolute Gasteiger partial charge is 0.340 e. The van der Waals surface area contributed by atoms with Gasteiger partial charge in [-0.05, 0) is 36.6 Å². The van der Waals surface area contributed by atoms with Crippen molar-refractivity contribution in [3.63, 3.8) is 0 Å². The smallest absolute Gasteiger partial charge is 0.320 e. The molecule has 1 N–H and O–H groups in total. The molecule has 0 aliphatic heterocycles. The normalized spacial score (nSPS) is 12.4. The molecule has 0 saturated carbocycles. The van der Waals surface area contributed by atoms with Crippen LogP contribution in [0.5, 0.6) is 0 Å². The number of fused-ring (bicyclic) bond motifs is 1. The Balaban J connectivity index is 1.82. The van der Waals surface area contributed by atoms with Crippen LogP contribution in [0.2, 0.25) is 0 Å². The van der Waals surface area contributed by atoms with Gasteiger partial charge in [0.2, 0.25) is 5.91 Å². The summed E-state index contributed by atoms with van der Waals surface area (Å²) in [6.45, 7) is 2.57. The standard InChI is InChI=1S/C23H26F2N4O2/c1-14(2)20(27-21(30)16-10-6-5-9-15(16)3)22(31)28(4)13-19-26-17-11-7-8-12-18(17)29(19)23(24)25/h5-12,14,20,23H,13H2,1-4H3,(H,27,30)/t20-/m1/s1. The number of imidazole rings is 1. The van der Waals surface area contributed by atoms with Crippen LogP contribution in [0.4, 0.5) is 8.78 Å². The van der Waals surface area contributed by atoms with E-state index >= 15 is 0 Å². The van der Waals surface area contributed by atoms with Crippen LogP contribution in [-0.2, 0) is 11.3 Å². The van der Waals surface area contributed by atoms with Gasteiger partial charge in [0.15, 0.2) is 0 Å². The molecule has 1 aromatic heterocycles. The first-order valence-corrected chi connectivity index (χ1v) is 10.1. The van der Waals surface area contributed by atoms with Crippen LogP contribution < -0.4 is 5.32 Å². The lowest BCUT2D eigenvalue weighted by atomic mass is 10.0. The molecule has 0 aliphatic rings. The Morgan fingerprint density at radius 2 is 1.74 bits per heavy atom. The number of nitrogens with zero attached hydrogens (tertiary/aromatic N) is 3. The van der Waals surface area contributed by atoms with Gasteiger partial charge in [-0.15, -0.1) is 0 Å². The van der Waals surface area contributed by atoms with Gasteiger partial charge in [0.05, 0.1) is 17.6 Å². The Bertz CT molecular complexity index is 1090. The van der Waals surface area contributed by atoms with Crippen LogP contribution in [0, 0.1) is 12.8 Å². The number of aromatic nitrogens is 2. The Labute approximate surface area is 179 Å². The van der Waals surface area contributed by atoms with Crippen LogP contribution in [0.15, 0.2) is 48.5 Å². The van der Waals surface area contributed by atoms with Gasteiger partial charge in [-0.1, -0.05) is 44.2 Å². The first-order valence-electron chi connectivity index (χ1n) is 10.1. The molecule has 6 nitrogen and oxygen atoms in total. The Kier molecular flexibility index (Phi) is 6.68. The first-order chi connectivity index (χ1) is 14.7. The predicted octanol–water partition coefficient (Wildman–Crippen LogP) is 4.15. The quantitative estimate of drug-likeness (QED) is 0.615. The van der Waals surface area contributed by atoms with Crippen LogP contribution in [0.1, 0.15) is 42.1 Å². The van der Waals surface area contributed by atoms with E-state index in [9.17, 15) is 18.4 Å². The van der Waals surface area contributed by atoms with Gasteiger partial charge in [-0.25, -0.2) is 4.98 Å². The Hall–Kier alpha value is -3.29. The van der Waals surface area contributed by atoms with E-state index in [0.717, 1.165) is 10.1 Å². The minimum atomic E-state index is -2.78. The molecule has 8 heteroatoms. The molecule has 0 fully saturated rings.